The Morgan fingerprint density at radius 2 is 2.12 bits per heavy atom. The van der Waals surface area contributed by atoms with Gasteiger partial charge in [0.15, 0.2) is 0 Å². The minimum absolute atomic E-state index is 0.0348. The number of ketones is 1. The highest BCUT2D eigenvalue weighted by molar-refractivity contribution is 6.33. The summed E-state index contributed by atoms with van der Waals surface area (Å²) in [6, 6.07) is 4.01. The van der Waals surface area contributed by atoms with Crippen molar-refractivity contribution in [3.8, 4) is 5.75 Å². The highest BCUT2D eigenvalue weighted by atomic mass is 16.6. The van der Waals surface area contributed by atoms with Crippen molar-refractivity contribution in [2.24, 2.45) is 0 Å². The Labute approximate surface area is 95.8 Å². The second-order valence-corrected chi connectivity index (χ2v) is 3.12. The van der Waals surface area contributed by atoms with E-state index in [0.29, 0.717) is 0 Å². The predicted molar refractivity (Wildman–Crippen MR) is 56.0 cm³/mol. The van der Waals surface area contributed by atoms with Crippen molar-refractivity contribution in [2.45, 2.75) is 6.42 Å². The van der Waals surface area contributed by atoms with Crippen LogP contribution in [-0.2, 0) is 16.0 Å². The number of hydrogen-bond donors (Lipinski definition) is 1. The molecule has 0 aromatic heterocycles. The van der Waals surface area contributed by atoms with Crippen molar-refractivity contribution in [2.75, 3.05) is 7.11 Å². The number of carboxylic acids is 1. The van der Waals surface area contributed by atoms with E-state index in [2.05, 4.69) is 0 Å². The van der Waals surface area contributed by atoms with E-state index < -0.39 is 23.1 Å². The molecular weight excluding hydrogens is 230 g/mol. The topological polar surface area (TPSA) is 107 Å². The van der Waals surface area contributed by atoms with Crippen molar-refractivity contribution in [1.82, 2.24) is 0 Å². The maximum atomic E-state index is 11.1. The summed E-state index contributed by atoms with van der Waals surface area (Å²) in [6.45, 7) is 0. The number of benzene rings is 1. The lowest BCUT2D eigenvalue weighted by molar-refractivity contribution is -0.385. The van der Waals surface area contributed by atoms with Gasteiger partial charge in [0.05, 0.1) is 24.0 Å². The minimum Gasteiger partial charge on any atom is -0.496 e. The molecule has 0 atom stereocenters. The molecule has 0 aliphatic carbocycles. The summed E-state index contributed by atoms with van der Waals surface area (Å²) >= 11 is 0. The Hall–Kier alpha value is -2.44. The lowest BCUT2D eigenvalue weighted by Gasteiger charge is -2.06. The zero-order valence-electron chi connectivity index (χ0n) is 8.87. The normalized spacial score (nSPS) is 9.71. The standard InChI is InChI=1S/C10H9NO6/c1-17-9-4-2-3-7(11(15)16)6(9)5-8(12)10(13)14/h2-4H,5H2,1H3,(H,13,14). The fourth-order valence-corrected chi connectivity index (χ4v) is 1.33. The van der Waals surface area contributed by atoms with E-state index in [0.717, 1.165) is 0 Å². The molecule has 0 aliphatic heterocycles. The van der Waals surface area contributed by atoms with Gasteiger partial charge in [0.2, 0.25) is 5.78 Å². The lowest BCUT2D eigenvalue weighted by atomic mass is 10.1. The average molecular weight is 239 g/mol. The monoisotopic (exact) mass is 239 g/mol. The fourth-order valence-electron chi connectivity index (χ4n) is 1.33. The van der Waals surface area contributed by atoms with Crippen LogP contribution >= 0.6 is 0 Å². The van der Waals surface area contributed by atoms with E-state index in [9.17, 15) is 19.7 Å². The van der Waals surface area contributed by atoms with Gasteiger partial charge in [-0.1, -0.05) is 6.07 Å². The lowest BCUT2D eigenvalue weighted by Crippen LogP contribution is -2.16. The van der Waals surface area contributed by atoms with Crippen LogP contribution in [0.5, 0.6) is 5.75 Å². The number of methoxy groups -OCH3 is 1. The summed E-state index contributed by atoms with van der Waals surface area (Å²) in [7, 11) is 1.29. The maximum Gasteiger partial charge on any atom is 0.372 e. The Kier molecular flexibility index (Phi) is 3.76. The highest BCUT2D eigenvalue weighted by Gasteiger charge is 2.23. The second-order valence-electron chi connectivity index (χ2n) is 3.12. The number of nitro groups is 1. The Morgan fingerprint density at radius 3 is 2.59 bits per heavy atom. The Bertz CT molecular complexity index is 482. The van der Waals surface area contributed by atoms with Gasteiger partial charge in [0.25, 0.3) is 5.69 Å². The van der Waals surface area contributed by atoms with Crippen LogP contribution in [0, 0.1) is 10.1 Å². The van der Waals surface area contributed by atoms with Crippen LogP contribution < -0.4 is 4.74 Å². The number of aliphatic carboxylic acids is 1. The van der Waals surface area contributed by atoms with Gasteiger partial charge in [0.1, 0.15) is 5.75 Å². The number of nitrogens with zero attached hydrogens (tertiary/aromatic N) is 1. The molecule has 0 bridgehead atoms. The van der Waals surface area contributed by atoms with E-state index in [1.165, 1.54) is 25.3 Å². The van der Waals surface area contributed by atoms with Gasteiger partial charge in [-0.25, -0.2) is 4.79 Å². The molecule has 7 heteroatoms. The average Bonchev–Trinajstić information content (AvgIpc) is 2.28. The molecule has 1 aromatic rings. The first-order chi connectivity index (χ1) is 7.97. The quantitative estimate of drug-likeness (QED) is 0.462. The minimum atomic E-state index is -1.63. The first-order valence-electron chi connectivity index (χ1n) is 4.53. The Morgan fingerprint density at radius 1 is 1.47 bits per heavy atom. The number of hydrogen-bond acceptors (Lipinski definition) is 5. The van der Waals surface area contributed by atoms with E-state index in [4.69, 9.17) is 9.84 Å². The third-order valence-electron chi connectivity index (χ3n) is 2.10. The summed E-state index contributed by atoms with van der Waals surface area (Å²) in [4.78, 5) is 31.5. The molecule has 1 rings (SSSR count). The number of Topliss-reactive ketones (excluding diaryl/α,β-unsaturated/α-hetero) is 1. The smallest absolute Gasteiger partial charge is 0.372 e. The van der Waals surface area contributed by atoms with Crippen molar-refractivity contribution >= 4 is 17.4 Å². The molecule has 0 unspecified atom stereocenters. The van der Waals surface area contributed by atoms with Gasteiger partial charge in [0, 0.05) is 6.07 Å². The van der Waals surface area contributed by atoms with Crippen LogP contribution in [0.3, 0.4) is 0 Å². The molecule has 0 spiro atoms. The molecule has 90 valence electrons. The number of carboxylic acid groups (broad SMARTS) is 1. The van der Waals surface area contributed by atoms with E-state index in [1.807, 2.05) is 0 Å². The third-order valence-corrected chi connectivity index (χ3v) is 2.10. The number of carbonyl (C=O) groups excluding carboxylic acids is 1. The van der Waals surface area contributed by atoms with Gasteiger partial charge in [-0.3, -0.25) is 14.9 Å². The predicted octanol–water partition coefficient (Wildman–Crippen LogP) is 0.800. The molecule has 17 heavy (non-hydrogen) atoms. The number of nitro benzene ring substituents is 1. The first kappa shape index (κ1) is 12.6. The van der Waals surface area contributed by atoms with Crippen molar-refractivity contribution in [1.29, 1.82) is 0 Å². The zero-order chi connectivity index (χ0) is 13.0. The van der Waals surface area contributed by atoms with Gasteiger partial charge >= 0.3 is 5.97 Å². The molecule has 0 aliphatic rings. The van der Waals surface area contributed by atoms with Gasteiger partial charge in [-0.2, -0.15) is 0 Å². The summed E-state index contributed by atoms with van der Waals surface area (Å²) < 4.78 is 4.87. The Balaban J connectivity index is 3.22. The van der Waals surface area contributed by atoms with E-state index in [-0.39, 0.29) is 17.0 Å². The summed E-state index contributed by atoms with van der Waals surface area (Å²) in [6.07, 6.45) is -0.574. The molecule has 0 saturated heterocycles. The number of ether oxygens (including phenoxy) is 1. The zero-order valence-corrected chi connectivity index (χ0v) is 8.87. The number of rotatable bonds is 5. The molecule has 1 aromatic carbocycles. The van der Waals surface area contributed by atoms with Crippen molar-refractivity contribution in [3.05, 3.63) is 33.9 Å². The summed E-state index contributed by atoms with van der Waals surface area (Å²) in [5.41, 5.74) is -0.369. The van der Waals surface area contributed by atoms with E-state index >= 15 is 0 Å². The molecule has 7 nitrogen and oxygen atoms in total. The maximum absolute atomic E-state index is 11.1. The molecule has 0 fully saturated rings. The van der Waals surface area contributed by atoms with Gasteiger partial charge in [-0.05, 0) is 6.07 Å². The number of carbonyl (C=O) groups is 2. The van der Waals surface area contributed by atoms with Crippen LogP contribution in [0.2, 0.25) is 0 Å². The second kappa shape index (κ2) is 5.06. The highest BCUT2D eigenvalue weighted by Crippen LogP contribution is 2.28. The molecular formula is C10H9NO6. The van der Waals surface area contributed by atoms with Gasteiger partial charge < -0.3 is 9.84 Å². The van der Waals surface area contributed by atoms with Crippen LogP contribution in [0.25, 0.3) is 0 Å². The van der Waals surface area contributed by atoms with Crippen LogP contribution in [0.4, 0.5) is 5.69 Å². The van der Waals surface area contributed by atoms with Crippen LogP contribution in [0.1, 0.15) is 5.56 Å². The molecule has 0 heterocycles. The third kappa shape index (κ3) is 2.77. The van der Waals surface area contributed by atoms with E-state index in [1.54, 1.807) is 0 Å². The fraction of sp³-hybridized carbons (Fsp3) is 0.200. The SMILES string of the molecule is COc1cccc([N+](=O)[O-])c1CC(=O)C(=O)O. The molecule has 0 saturated carbocycles. The van der Waals surface area contributed by atoms with Crippen molar-refractivity contribution < 1.29 is 24.4 Å². The molecule has 1 N–H and O–H groups in total. The van der Waals surface area contributed by atoms with Crippen molar-refractivity contribution in [3.63, 3.8) is 0 Å². The summed E-state index contributed by atoms with van der Waals surface area (Å²) in [5.74, 6) is -2.64. The molecule has 0 radical (unpaired) electrons. The summed E-state index contributed by atoms with van der Waals surface area (Å²) in [5, 5.41) is 19.2. The largest absolute Gasteiger partial charge is 0.496 e. The van der Waals surface area contributed by atoms with Crippen LogP contribution in [-0.4, -0.2) is 28.9 Å². The van der Waals surface area contributed by atoms with Gasteiger partial charge in [-0.15, -0.1) is 0 Å². The molecule has 0 amide bonds. The van der Waals surface area contributed by atoms with Crippen LogP contribution in [0.15, 0.2) is 18.2 Å². The first-order valence-corrected chi connectivity index (χ1v) is 4.53.